The number of fused-ring (bicyclic) bond motifs is 2. The molecule has 0 radical (unpaired) electrons. The van der Waals surface area contributed by atoms with Gasteiger partial charge in [0.05, 0.1) is 11.2 Å². The maximum Gasteiger partial charge on any atom is 0.125 e. The predicted octanol–water partition coefficient (Wildman–Crippen LogP) is 4.51. The molecular weight excluding hydrogens is 284 g/mol. The fourth-order valence-corrected chi connectivity index (χ4v) is 4.06. The van der Waals surface area contributed by atoms with Crippen LogP contribution in [0.1, 0.15) is 24.3 Å². The molecule has 23 heavy (non-hydrogen) atoms. The second-order valence-electron chi connectivity index (χ2n) is 6.45. The lowest BCUT2D eigenvalue weighted by molar-refractivity contribution is 0.151. The highest BCUT2D eigenvalue weighted by Crippen LogP contribution is 2.42. The topological polar surface area (TPSA) is 26.5 Å². The van der Waals surface area contributed by atoms with Crippen LogP contribution < -0.4 is 0 Å². The summed E-state index contributed by atoms with van der Waals surface area (Å²) in [5, 5.41) is 5.68. The van der Waals surface area contributed by atoms with E-state index >= 15 is 0 Å². The van der Waals surface area contributed by atoms with Crippen molar-refractivity contribution in [1.82, 2.24) is 4.57 Å². The second-order valence-corrected chi connectivity index (χ2v) is 6.45. The largest absolute Gasteiger partial charge is 0.395 e. The Morgan fingerprint density at radius 2 is 1.78 bits per heavy atom. The molecule has 2 atom stereocenters. The summed E-state index contributed by atoms with van der Waals surface area (Å²) in [4.78, 5) is 5.35. The highest BCUT2D eigenvalue weighted by molar-refractivity contribution is 5.99. The minimum absolute atomic E-state index is 0.400. The molecule has 0 unspecified atom stereocenters. The standard InChI is InChI=1S/C20H18N2O/c1-2-6-15(7-3-1)22-12-18(16-8-4-5-9-19(16)22)17-11-10-14-13-23-21-20(14)17/h1-9,12,14,17H,10-11,13H2/t14-,17-/m1/s1. The summed E-state index contributed by atoms with van der Waals surface area (Å²) in [5.41, 5.74) is 5.10. The Labute approximate surface area is 135 Å². The van der Waals surface area contributed by atoms with Gasteiger partial charge in [-0.15, -0.1) is 0 Å². The van der Waals surface area contributed by atoms with E-state index in [1.54, 1.807) is 0 Å². The Bertz CT molecular complexity index is 894. The van der Waals surface area contributed by atoms with Crippen LogP contribution in [-0.4, -0.2) is 16.9 Å². The highest BCUT2D eigenvalue weighted by atomic mass is 16.6. The molecule has 0 bridgehead atoms. The van der Waals surface area contributed by atoms with Crippen LogP contribution in [0.15, 0.2) is 65.9 Å². The van der Waals surface area contributed by atoms with Gasteiger partial charge in [0.2, 0.25) is 0 Å². The number of benzene rings is 2. The van der Waals surface area contributed by atoms with E-state index in [0.29, 0.717) is 11.8 Å². The number of oxime groups is 1. The van der Waals surface area contributed by atoms with Crippen molar-refractivity contribution in [2.24, 2.45) is 11.1 Å². The average molecular weight is 302 g/mol. The van der Waals surface area contributed by atoms with Crippen LogP contribution in [0.4, 0.5) is 0 Å². The van der Waals surface area contributed by atoms with Crippen molar-refractivity contribution in [3.05, 3.63) is 66.4 Å². The van der Waals surface area contributed by atoms with Gasteiger partial charge in [0, 0.05) is 29.1 Å². The SMILES string of the molecule is c1ccc(-n2cc([C@H]3CC[C@@H]4CON=C43)c3ccccc32)cc1. The summed E-state index contributed by atoms with van der Waals surface area (Å²) in [6, 6.07) is 19.2. The molecule has 1 fully saturated rings. The minimum Gasteiger partial charge on any atom is -0.395 e. The van der Waals surface area contributed by atoms with Crippen LogP contribution in [0, 0.1) is 5.92 Å². The molecule has 3 nitrogen and oxygen atoms in total. The van der Waals surface area contributed by atoms with Crippen LogP contribution in [0.3, 0.4) is 0 Å². The Balaban J connectivity index is 1.71. The van der Waals surface area contributed by atoms with Crippen LogP contribution in [0.2, 0.25) is 0 Å². The zero-order valence-electron chi connectivity index (χ0n) is 12.9. The quantitative estimate of drug-likeness (QED) is 0.684. The lowest BCUT2D eigenvalue weighted by atomic mass is 9.94. The summed E-state index contributed by atoms with van der Waals surface area (Å²) in [6.45, 7) is 0.767. The maximum absolute atomic E-state index is 5.35. The van der Waals surface area contributed by atoms with Gasteiger partial charge in [0.25, 0.3) is 0 Å². The van der Waals surface area contributed by atoms with Gasteiger partial charge in [0.15, 0.2) is 0 Å². The van der Waals surface area contributed by atoms with Gasteiger partial charge in [-0.1, -0.05) is 41.6 Å². The van der Waals surface area contributed by atoms with Crippen molar-refractivity contribution in [2.45, 2.75) is 18.8 Å². The normalized spacial score (nSPS) is 22.9. The first kappa shape index (κ1) is 12.9. The molecule has 114 valence electrons. The Morgan fingerprint density at radius 3 is 2.70 bits per heavy atom. The number of hydrogen-bond acceptors (Lipinski definition) is 2. The monoisotopic (exact) mass is 302 g/mol. The molecule has 2 heterocycles. The predicted molar refractivity (Wildman–Crippen MR) is 92.1 cm³/mol. The van der Waals surface area contributed by atoms with Crippen LogP contribution in [-0.2, 0) is 4.84 Å². The highest BCUT2D eigenvalue weighted by Gasteiger charge is 2.38. The first-order valence-corrected chi connectivity index (χ1v) is 8.27. The van der Waals surface area contributed by atoms with Crippen molar-refractivity contribution < 1.29 is 4.84 Å². The van der Waals surface area contributed by atoms with Gasteiger partial charge < -0.3 is 9.40 Å². The first-order valence-electron chi connectivity index (χ1n) is 8.27. The summed E-state index contributed by atoms with van der Waals surface area (Å²) in [7, 11) is 0. The second kappa shape index (κ2) is 4.98. The van der Waals surface area contributed by atoms with E-state index in [-0.39, 0.29) is 0 Å². The van der Waals surface area contributed by atoms with Crippen LogP contribution >= 0.6 is 0 Å². The van der Waals surface area contributed by atoms with Gasteiger partial charge in [-0.3, -0.25) is 0 Å². The molecule has 2 aromatic carbocycles. The summed E-state index contributed by atoms with van der Waals surface area (Å²) >= 11 is 0. The molecule has 2 aliphatic rings. The van der Waals surface area contributed by atoms with Gasteiger partial charge in [-0.2, -0.15) is 0 Å². The van der Waals surface area contributed by atoms with Gasteiger partial charge >= 0.3 is 0 Å². The van der Waals surface area contributed by atoms with Crippen molar-refractivity contribution in [3.63, 3.8) is 0 Å². The molecule has 5 rings (SSSR count). The number of hydrogen-bond donors (Lipinski definition) is 0. The molecule has 1 aliphatic heterocycles. The fourth-order valence-electron chi connectivity index (χ4n) is 4.06. The number of para-hydroxylation sites is 2. The van der Waals surface area contributed by atoms with E-state index in [4.69, 9.17) is 4.84 Å². The molecule has 0 spiro atoms. The third kappa shape index (κ3) is 1.93. The third-order valence-electron chi connectivity index (χ3n) is 5.18. The fraction of sp³-hybridized carbons (Fsp3) is 0.250. The molecule has 0 N–H and O–H groups in total. The maximum atomic E-state index is 5.35. The van der Waals surface area contributed by atoms with Crippen LogP contribution in [0.5, 0.6) is 0 Å². The molecule has 0 amide bonds. The number of rotatable bonds is 2. The lowest BCUT2D eigenvalue weighted by Crippen LogP contribution is -2.10. The first-order chi connectivity index (χ1) is 11.4. The van der Waals surface area contributed by atoms with E-state index in [1.165, 1.54) is 40.7 Å². The van der Waals surface area contributed by atoms with E-state index in [0.717, 1.165) is 6.61 Å². The lowest BCUT2D eigenvalue weighted by Gasteiger charge is -2.08. The van der Waals surface area contributed by atoms with Crippen molar-refractivity contribution in [1.29, 1.82) is 0 Å². The molecule has 0 saturated heterocycles. The van der Waals surface area contributed by atoms with Gasteiger partial charge in [-0.25, -0.2) is 0 Å². The average Bonchev–Trinajstić information content (AvgIpc) is 3.29. The van der Waals surface area contributed by atoms with E-state index in [9.17, 15) is 0 Å². The number of nitrogens with zero attached hydrogens (tertiary/aromatic N) is 2. The zero-order chi connectivity index (χ0) is 15.2. The number of aromatic nitrogens is 1. The molecule has 1 aliphatic carbocycles. The third-order valence-corrected chi connectivity index (χ3v) is 5.18. The Hall–Kier alpha value is -2.55. The molecule has 3 heteroatoms. The molecule has 1 aromatic heterocycles. The van der Waals surface area contributed by atoms with Crippen LogP contribution in [0.25, 0.3) is 16.6 Å². The summed E-state index contributed by atoms with van der Waals surface area (Å²) in [5.74, 6) is 0.927. The van der Waals surface area contributed by atoms with E-state index in [2.05, 4.69) is 70.5 Å². The van der Waals surface area contributed by atoms with Gasteiger partial charge in [0.1, 0.15) is 6.61 Å². The zero-order valence-corrected chi connectivity index (χ0v) is 12.9. The van der Waals surface area contributed by atoms with Crippen molar-refractivity contribution >= 4 is 16.6 Å². The summed E-state index contributed by atoms with van der Waals surface area (Å²) in [6.07, 6.45) is 4.66. The Kier molecular flexibility index (Phi) is 2.80. The molecular formula is C20H18N2O. The van der Waals surface area contributed by atoms with Crippen molar-refractivity contribution in [2.75, 3.05) is 6.61 Å². The smallest absolute Gasteiger partial charge is 0.125 e. The molecule has 1 saturated carbocycles. The summed E-state index contributed by atoms with van der Waals surface area (Å²) < 4.78 is 2.30. The van der Waals surface area contributed by atoms with Crippen molar-refractivity contribution in [3.8, 4) is 5.69 Å². The van der Waals surface area contributed by atoms with Gasteiger partial charge in [-0.05, 0) is 36.6 Å². The van der Waals surface area contributed by atoms with E-state index < -0.39 is 0 Å². The molecule has 3 aromatic rings. The Morgan fingerprint density at radius 1 is 0.957 bits per heavy atom. The van der Waals surface area contributed by atoms with E-state index in [1.807, 2.05) is 0 Å². The minimum atomic E-state index is 0.400.